The lowest BCUT2D eigenvalue weighted by Crippen LogP contribution is -2.02. The molecule has 0 N–H and O–H groups in total. The number of imidazole rings is 1. The van der Waals surface area contributed by atoms with Crippen molar-refractivity contribution in [1.82, 2.24) is 14.5 Å². The van der Waals surface area contributed by atoms with Crippen molar-refractivity contribution in [1.29, 1.82) is 0 Å². The molecule has 0 aliphatic carbocycles. The number of furan rings is 2. The summed E-state index contributed by atoms with van der Waals surface area (Å²) in [4.78, 5) is 9.20. The largest absolute Gasteiger partial charge is 0.452 e. The topological polar surface area (TPSA) is 57.0 Å². The zero-order valence-corrected chi connectivity index (χ0v) is 17.9. The fourth-order valence-corrected chi connectivity index (χ4v) is 4.50. The molecule has 0 aliphatic heterocycles. The summed E-state index contributed by atoms with van der Waals surface area (Å²) >= 11 is 0. The van der Waals surface area contributed by atoms with Crippen LogP contribution in [0, 0.1) is 27.7 Å². The minimum atomic E-state index is 0.614. The Morgan fingerprint density at radius 2 is 1.58 bits per heavy atom. The standard InChI is InChI=1S/C26H21N3O2/c1-14-6-5-7-15(2)22(14)29-11-10-27-25(29)19-13-21-20(12-16(19)3)24-23(30-21)18-9-8-17(4)28-26(18)31-24/h5-13H,1-4H3. The lowest BCUT2D eigenvalue weighted by atomic mass is 10.0. The summed E-state index contributed by atoms with van der Waals surface area (Å²) in [5.74, 6) is 0.895. The van der Waals surface area contributed by atoms with Gasteiger partial charge in [0.2, 0.25) is 5.71 Å². The molecular formula is C26H21N3O2. The molecule has 6 rings (SSSR count). The van der Waals surface area contributed by atoms with Crippen LogP contribution in [0.4, 0.5) is 0 Å². The number of pyridine rings is 1. The second-order valence-electron chi connectivity index (χ2n) is 8.19. The van der Waals surface area contributed by atoms with E-state index in [2.05, 4.69) is 60.7 Å². The molecule has 0 spiro atoms. The summed E-state index contributed by atoms with van der Waals surface area (Å²) in [6.45, 7) is 8.31. The maximum Gasteiger partial charge on any atom is 0.230 e. The summed E-state index contributed by atoms with van der Waals surface area (Å²) in [6.07, 6.45) is 3.87. The number of hydrogen-bond acceptors (Lipinski definition) is 4. The number of nitrogens with zero attached hydrogens (tertiary/aromatic N) is 3. The van der Waals surface area contributed by atoms with Gasteiger partial charge in [-0.15, -0.1) is 0 Å². The summed E-state index contributed by atoms with van der Waals surface area (Å²) < 4.78 is 14.5. The molecule has 4 aromatic heterocycles. The van der Waals surface area contributed by atoms with Crippen molar-refractivity contribution in [2.45, 2.75) is 27.7 Å². The van der Waals surface area contributed by atoms with Crippen LogP contribution < -0.4 is 0 Å². The predicted molar refractivity (Wildman–Crippen MR) is 123 cm³/mol. The first-order chi connectivity index (χ1) is 15.0. The van der Waals surface area contributed by atoms with E-state index >= 15 is 0 Å². The number of aromatic nitrogens is 3. The van der Waals surface area contributed by atoms with Crippen LogP contribution in [0.1, 0.15) is 22.4 Å². The number of rotatable bonds is 2. The molecule has 2 aromatic carbocycles. The van der Waals surface area contributed by atoms with Crippen molar-refractivity contribution in [3.63, 3.8) is 0 Å². The SMILES string of the molecule is Cc1ccc2c(n1)oc1c3cc(C)c(-c4nccn4-c4c(C)cccc4C)cc3oc21. The average Bonchev–Trinajstić information content (AvgIpc) is 3.41. The third-order valence-corrected chi connectivity index (χ3v) is 5.99. The van der Waals surface area contributed by atoms with Crippen molar-refractivity contribution >= 4 is 33.2 Å². The molecule has 31 heavy (non-hydrogen) atoms. The molecular weight excluding hydrogens is 386 g/mol. The average molecular weight is 407 g/mol. The van der Waals surface area contributed by atoms with Gasteiger partial charge in [-0.05, 0) is 68.7 Å². The second kappa shape index (κ2) is 6.32. The quantitative estimate of drug-likeness (QED) is 0.316. The van der Waals surface area contributed by atoms with Crippen LogP contribution in [0.5, 0.6) is 0 Å². The normalized spacial score (nSPS) is 11.9. The minimum absolute atomic E-state index is 0.614. The van der Waals surface area contributed by atoms with Gasteiger partial charge in [0.15, 0.2) is 11.2 Å². The first-order valence-corrected chi connectivity index (χ1v) is 10.3. The molecule has 0 amide bonds. The molecule has 0 bridgehead atoms. The van der Waals surface area contributed by atoms with Gasteiger partial charge in [-0.1, -0.05) is 18.2 Å². The number of hydrogen-bond donors (Lipinski definition) is 0. The molecule has 0 saturated carbocycles. The lowest BCUT2D eigenvalue weighted by Gasteiger charge is -2.15. The Balaban J connectivity index is 1.59. The first-order valence-electron chi connectivity index (χ1n) is 10.3. The zero-order valence-electron chi connectivity index (χ0n) is 17.9. The first kappa shape index (κ1) is 18.0. The fourth-order valence-electron chi connectivity index (χ4n) is 4.50. The van der Waals surface area contributed by atoms with Crippen molar-refractivity contribution < 1.29 is 8.83 Å². The molecule has 4 heterocycles. The van der Waals surface area contributed by atoms with Crippen LogP contribution in [0.25, 0.3) is 50.3 Å². The van der Waals surface area contributed by atoms with Gasteiger partial charge < -0.3 is 8.83 Å². The van der Waals surface area contributed by atoms with E-state index in [-0.39, 0.29) is 0 Å². The molecule has 0 fully saturated rings. The van der Waals surface area contributed by atoms with E-state index < -0.39 is 0 Å². The van der Waals surface area contributed by atoms with E-state index in [0.717, 1.165) is 55.9 Å². The Kier molecular flexibility index (Phi) is 3.66. The Morgan fingerprint density at radius 3 is 2.39 bits per heavy atom. The molecule has 0 radical (unpaired) electrons. The van der Waals surface area contributed by atoms with Crippen LogP contribution >= 0.6 is 0 Å². The Bertz CT molecular complexity index is 1610. The minimum Gasteiger partial charge on any atom is -0.452 e. The maximum atomic E-state index is 6.26. The molecule has 0 unspecified atom stereocenters. The molecule has 0 saturated heterocycles. The Hall–Kier alpha value is -3.86. The molecule has 5 nitrogen and oxygen atoms in total. The molecule has 0 atom stereocenters. The van der Waals surface area contributed by atoms with Gasteiger partial charge in [-0.25, -0.2) is 9.97 Å². The van der Waals surface area contributed by atoms with Gasteiger partial charge in [0.05, 0.1) is 16.5 Å². The molecule has 5 heteroatoms. The summed E-state index contributed by atoms with van der Waals surface area (Å²) in [5.41, 5.74) is 9.54. The van der Waals surface area contributed by atoms with Crippen molar-refractivity contribution in [3.8, 4) is 17.1 Å². The van der Waals surface area contributed by atoms with Gasteiger partial charge in [0.25, 0.3) is 0 Å². The van der Waals surface area contributed by atoms with Crippen LogP contribution in [0.2, 0.25) is 0 Å². The Morgan fingerprint density at radius 1 is 0.806 bits per heavy atom. The predicted octanol–water partition coefficient (Wildman–Crippen LogP) is 6.81. The Labute approximate surface area is 178 Å². The molecule has 0 aliphatic rings. The number of benzene rings is 2. The lowest BCUT2D eigenvalue weighted by molar-refractivity contribution is 0.644. The van der Waals surface area contributed by atoms with Gasteiger partial charge in [0, 0.05) is 23.7 Å². The van der Waals surface area contributed by atoms with E-state index in [0.29, 0.717) is 5.71 Å². The van der Waals surface area contributed by atoms with E-state index in [9.17, 15) is 0 Å². The third-order valence-electron chi connectivity index (χ3n) is 5.99. The van der Waals surface area contributed by atoms with Crippen molar-refractivity contribution in [2.24, 2.45) is 0 Å². The number of fused-ring (bicyclic) bond motifs is 5. The highest BCUT2D eigenvalue weighted by Gasteiger charge is 2.20. The van der Waals surface area contributed by atoms with Crippen LogP contribution in [0.3, 0.4) is 0 Å². The summed E-state index contributed by atoms with van der Waals surface area (Å²) in [6, 6.07) is 14.5. The number of para-hydroxylation sites is 1. The number of aryl methyl sites for hydroxylation is 4. The smallest absolute Gasteiger partial charge is 0.230 e. The second-order valence-corrected chi connectivity index (χ2v) is 8.19. The summed E-state index contributed by atoms with van der Waals surface area (Å²) in [5, 5.41) is 1.85. The van der Waals surface area contributed by atoms with Crippen molar-refractivity contribution in [2.75, 3.05) is 0 Å². The third kappa shape index (κ3) is 2.56. The van der Waals surface area contributed by atoms with E-state index in [1.807, 2.05) is 31.5 Å². The van der Waals surface area contributed by atoms with Gasteiger partial charge >= 0.3 is 0 Å². The highest BCUT2D eigenvalue weighted by Crippen LogP contribution is 2.39. The van der Waals surface area contributed by atoms with Gasteiger partial charge in [-0.3, -0.25) is 4.57 Å². The van der Waals surface area contributed by atoms with Crippen LogP contribution in [-0.4, -0.2) is 14.5 Å². The highest BCUT2D eigenvalue weighted by atomic mass is 16.4. The van der Waals surface area contributed by atoms with Crippen LogP contribution in [0.15, 0.2) is 63.7 Å². The fraction of sp³-hybridized carbons (Fsp3) is 0.154. The van der Waals surface area contributed by atoms with Crippen LogP contribution in [-0.2, 0) is 0 Å². The van der Waals surface area contributed by atoms with Gasteiger partial charge in [-0.2, -0.15) is 0 Å². The van der Waals surface area contributed by atoms with E-state index in [1.165, 1.54) is 11.1 Å². The van der Waals surface area contributed by atoms with Gasteiger partial charge in [0.1, 0.15) is 11.4 Å². The monoisotopic (exact) mass is 407 g/mol. The summed E-state index contributed by atoms with van der Waals surface area (Å²) in [7, 11) is 0. The van der Waals surface area contributed by atoms with Crippen molar-refractivity contribution in [3.05, 3.63) is 77.2 Å². The molecule has 152 valence electrons. The van der Waals surface area contributed by atoms with E-state index in [4.69, 9.17) is 13.8 Å². The maximum absolute atomic E-state index is 6.26. The van der Waals surface area contributed by atoms with E-state index in [1.54, 1.807) is 0 Å². The molecule has 6 aromatic rings. The zero-order chi connectivity index (χ0) is 21.3. The highest BCUT2D eigenvalue weighted by molar-refractivity contribution is 6.12.